The number of carbonyl (C=O) groups excluding carboxylic acids is 1. The molecule has 1 aromatic rings. The van der Waals surface area contributed by atoms with Crippen molar-refractivity contribution >= 4 is 29.2 Å². The van der Waals surface area contributed by atoms with Crippen LogP contribution in [0.2, 0.25) is 0 Å². The second kappa shape index (κ2) is 7.04. The minimum Gasteiger partial charge on any atom is -0.481 e. The molecule has 0 spiro atoms. The minimum atomic E-state index is -1.16. The van der Waals surface area contributed by atoms with Gasteiger partial charge in [0.15, 0.2) is 0 Å². The first kappa shape index (κ1) is 16.2. The van der Waals surface area contributed by atoms with E-state index < -0.39 is 23.9 Å². The zero-order valence-electron chi connectivity index (χ0n) is 11.3. The molecule has 0 aliphatic rings. The van der Waals surface area contributed by atoms with E-state index >= 15 is 0 Å². The number of carbonyl (C=O) groups is 3. The molecule has 6 nitrogen and oxygen atoms in total. The van der Waals surface area contributed by atoms with Crippen molar-refractivity contribution in [1.82, 2.24) is 5.32 Å². The Morgan fingerprint density at radius 2 is 1.95 bits per heavy atom. The summed E-state index contributed by atoms with van der Waals surface area (Å²) in [6.07, 6.45) is 0.181. The molecule has 1 atom stereocenters. The molecule has 0 aliphatic carbocycles. The first-order chi connectivity index (χ1) is 9.31. The second-order valence-corrected chi connectivity index (χ2v) is 5.94. The van der Waals surface area contributed by atoms with E-state index in [1.807, 2.05) is 6.92 Å². The Hall–Kier alpha value is -1.89. The van der Waals surface area contributed by atoms with E-state index in [-0.39, 0.29) is 19.3 Å². The SMILES string of the molecule is Cc1cc(C(=O)N[C@H](CCCC(=O)O)C(=O)O)c(C)s1. The molecular formula is C13H17NO5S. The smallest absolute Gasteiger partial charge is 0.326 e. The van der Waals surface area contributed by atoms with Gasteiger partial charge in [-0.1, -0.05) is 0 Å². The number of carboxylic acids is 2. The van der Waals surface area contributed by atoms with Gasteiger partial charge in [-0.15, -0.1) is 11.3 Å². The summed E-state index contributed by atoms with van der Waals surface area (Å²) in [5.74, 6) is -2.58. The van der Waals surface area contributed by atoms with E-state index in [1.54, 1.807) is 13.0 Å². The van der Waals surface area contributed by atoms with Crippen LogP contribution in [0.1, 0.15) is 39.4 Å². The van der Waals surface area contributed by atoms with Crippen LogP contribution in [0.15, 0.2) is 6.07 Å². The van der Waals surface area contributed by atoms with Crippen LogP contribution in [0.5, 0.6) is 0 Å². The van der Waals surface area contributed by atoms with Gasteiger partial charge >= 0.3 is 11.9 Å². The molecule has 1 amide bonds. The van der Waals surface area contributed by atoms with Crippen LogP contribution >= 0.6 is 11.3 Å². The number of thiophene rings is 1. The van der Waals surface area contributed by atoms with Crippen LogP contribution in [0, 0.1) is 13.8 Å². The first-order valence-electron chi connectivity index (χ1n) is 6.13. The number of hydrogen-bond donors (Lipinski definition) is 3. The summed E-state index contributed by atoms with van der Waals surface area (Å²) in [5, 5.41) is 20.0. The average Bonchev–Trinajstić information content (AvgIpc) is 2.66. The molecule has 0 fully saturated rings. The van der Waals surface area contributed by atoms with Gasteiger partial charge in [-0.3, -0.25) is 9.59 Å². The van der Waals surface area contributed by atoms with Gasteiger partial charge in [0, 0.05) is 16.2 Å². The minimum absolute atomic E-state index is 0.0928. The molecule has 0 radical (unpaired) electrons. The number of aliphatic carboxylic acids is 2. The molecule has 0 aliphatic heterocycles. The van der Waals surface area contributed by atoms with Crippen LogP contribution in [0.25, 0.3) is 0 Å². The number of carboxylic acid groups (broad SMARTS) is 2. The maximum Gasteiger partial charge on any atom is 0.326 e. The van der Waals surface area contributed by atoms with Crippen LogP contribution < -0.4 is 5.32 Å². The molecule has 1 heterocycles. The molecule has 110 valence electrons. The summed E-state index contributed by atoms with van der Waals surface area (Å²) in [5.41, 5.74) is 0.469. The fourth-order valence-corrected chi connectivity index (χ4v) is 2.73. The normalized spacial score (nSPS) is 11.9. The third-order valence-corrected chi connectivity index (χ3v) is 3.74. The predicted octanol–water partition coefficient (Wildman–Crippen LogP) is 1.80. The highest BCUT2D eigenvalue weighted by Gasteiger charge is 2.22. The largest absolute Gasteiger partial charge is 0.481 e. The Labute approximate surface area is 120 Å². The third-order valence-electron chi connectivity index (χ3n) is 2.77. The van der Waals surface area contributed by atoms with E-state index in [4.69, 9.17) is 10.2 Å². The van der Waals surface area contributed by atoms with E-state index in [0.717, 1.165) is 9.75 Å². The molecule has 7 heteroatoms. The van der Waals surface area contributed by atoms with Gasteiger partial charge in [0.2, 0.25) is 0 Å². The number of amides is 1. The molecule has 1 rings (SSSR count). The van der Waals surface area contributed by atoms with Crippen molar-refractivity contribution in [3.63, 3.8) is 0 Å². The van der Waals surface area contributed by atoms with Crippen molar-refractivity contribution in [2.75, 3.05) is 0 Å². The summed E-state index contributed by atoms with van der Waals surface area (Å²) >= 11 is 1.47. The molecule has 0 saturated carbocycles. The predicted molar refractivity (Wildman–Crippen MR) is 74.2 cm³/mol. The van der Waals surface area contributed by atoms with Crippen LogP contribution in [0.4, 0.5) is 0 Å². The van der Waals surface area contributed by atoms with Crippen molar-refractivity contribution in [3.05, 3.63) is 21.4 Å². The third kappa shape index (κ3) is 4.65. The quantitative estimate of drug-likeness (QED) is 0.712. The summed E-state index contributed by atoms with van der Waals surface area (Å²) in [4.78, 5) is 35.3. The lowest BCUT2D eigenvalue weighted by atomic mass is 10.1. The summed E-state index contributed by atoms with van der Waals surface area (Å²) in [6, 6.07) is 0.646. The van der Waals surface area contributed by atoms with Gasteiger partial charge in [-0.25, -0.2) is 4.79 Å². The van der Waals surface area contributed by atoms with Crippen molar-refractivity contribution in [1.29, 1.82) is 0 Å². The number of rotatable bonds is 7. The molecule has 0 bridgehead atoms. The van der Waals surface area contributed by atoms with E-state index in [0.29, 0.717) is 5.56 Å². The zero-order chi connectivity index (χ0) is 15.3. The van der Waals surface area contributed by atoms with Gasteiger partial charge in [-0.05, 0) is 32.8 Å². The molecule has 3 N–H and O–H groups in total. The molecule has 20 heavy (non-hydrogen) atoms. The summed E-state index contributed by atoms with van der Waals surface area (Å²) in [6.45, 7) is 3.67. The van der Waals surface area contributed by atoms with E-state index in [2.05, 4.69) is 5.32 Å². The number of aryl methyl sites for hydroxylation is 2. The van der Waals surface area contributed by atoms with Crippen molar-refractivity contribution < 1.29 is 24.6 Å². The van der Waals surface area contributed by atoms with E-state index in [9.17, 15) is 14.4 Å². The number of nitrogens with one attached hydrogen (secondary N) is 1. The Kier molecular flexibility index (Phi) is 5.69. The maximum atomic E-state index is 12.0. The van der Waals surface area contributed by atoms with Crippen molar-refractivity contribution in [2.45, 2.75) is 39.2 Å². The van der Waals surface area contributed by atoms with Gasteiger partial charge in [0.1, 0.15) is 6.04 Å². The van der Waals surface area contributed by atoms with Crippen LogP contribution in [-0.4, -0.2) is 34.1 Å². The molecule has 0 saturated heterocycles. The standard InChI is InChI=1S/C13H17NO5S/c1-7-6-9(8(2)20-7)12(17)14-10(13(18)19)4-3-5-11(15)16/h6,10H,3-5H2,1-2H3,(H,14,17)(H,15,16)(H,18,19)/t10-/m1/s1. The zero-order valence-corrected chi connectivity index (χ0v) is 12.1. The topological polar surface area (TPSA) is 104 Å². The fourth-order valence-electron chi connectivity index (χ4n) is 1.81. The van der Waals surface area contributed by atoms with Crippen LogP contribution in [0.3, 0.4) is 0 Å². The highest BCUT2D eigenvalue weighted by Crippen LogP contribution is 2.20. The van der Waals surface area contributed by atoms with Crippen molar-refractivity contribution in [2.24, 2.45) is 0 Å². The van der Waals surface area contributed by atoms with E-state index in [1.165, 1.54) is 11.3 Å². The van der Waals surface area contributed by atoms with Gasteiger partial charge < -0.3 is 15.5 Å². The summed E-state index contributed by atoms with van der Waals surface area (Å²) in [7, 11) is 0. The Morgan fingerprint density at radius 3 is 2.40 bits per heavy atom. The van der Waals surface area contributed by atoms with Crippen LogP contribution in [-0.2, 0) is 9.59 Å². The number of hydrogen-bond acceptors (Lipinski definition) is 4. The molecule has 0 unspecified atom stereocenters. The van der Waals surface area contributed by atoms with Crippen molar-refractivity contribution in [3.8, 4) is 0 Å². The second-order valence-electron chi connectivity index (χ2n) is 4.48. The Balaban J connectivity index is 2.66. The highest BCUT2D eigenvalue weighted by atomic mass is 32.1. The monoisotopic (exact) mass is 299 g/mol. The summed E-state index contributed by atoms with van der Waals surface area (Å²) < 4.78 is 0. The lowest BCUT2D eigenvalue weighted by Gasteiger charge is -2.13. The van der Waals surface area contributed by atoms with Gasteiger partial charge in [0.25, 0.3) is 5.91 Å². The van der Waals surface area contributed by atoms with Gasteiger partial charge in [0.05, 0.1) is 5.56 Å². The fraction of sp³-hybridized carbons (Fsp3) is 0.462. The lowest BCUT2D eigenvalue weighted by Crippen LogP contribution is -2.40. The Bertz CT molecular complexity index is 523. The molecule has 0 aromatic carbocycles. The lowest BCUT2D eigenvalue weighted by molar-refractivity contribution is -0.140. The molecule has 1 aromatic heterocycles. The first-order valence-corrected chi connectivity index (χ1v) is 6.95. The highest BCUT2D eigenvalue weighted by molar-refractivity contribution is 7.12. The van der Waals surface area contributed by atoms with Gasteiger partial charge in [-0.2, -0.15) is 0 Å². The Morgan fingerprint density at radius 1 is 1.30 bits per heavy atom. The average molecular weight is 299 g/mol. The molecular weight excluding hydrogens is 282 g/mol. The maximum absolute atomic E-state index is 12.0.